The molecule has 0 saturated carbocycles. The van der Waals surface area contributed by atoms with E-state index in [-0.39, 0.29) is 5.37 Å². The first-order chi connectivity index (χ1) is 2.77. The molecule has 0 aromatic heterocycles. The lowest BCUT2D eigenvalue weighted by molar-refractivity contribution is 1.06. The Labute approximate surface area is 46.5 Å². The van der Waals surface area contributed by atoms with Crippen LogP contribution >= 0.6 is 21.6 Å². The summed E-state index contributed by atoms with van der Waals surface area (Å²) in [6, 6.07) is 0. The third-order valence-electron chi connectivity index (χ3n) is 0.248. The average Bonchev–Trinajstić information content (AvgIpc) is 1.35. The number of nitrogens with two attached hydrogens (primary N) is 1. The molecule has 1 atom stereocenters. The van der Waals surface area contributed by atoms with E-state index in [2.05, 4.69) is 0 Å². The molecule has 6 heavy (non-hydrogen) atoms. The van der Waals surface area contributed by atoms with Gasteiger partial charge in [0, 0.05) is 0 Å². The molecule has 0 rings (SSSR count). The van der Waals surface area contributed by atoms with Gasteiger partial charge in [0.15, 0.2) is 0 Å². The van der Waals surface area contributed by atoms with Crippen LogP contribution in [0.25, 0.3) is 0 Å². The first kappa shape index (κ1) is 6.66. The van der Waals surface area contributed by atoms with E-state index in [1.54, 1.807) is 21.6 Å². The van der Waals surface area contributed by atoms with Crippen molar-refractivity contribution in [3.8, 4) is 0 Å². The van der Waals surface area contributed by atoms with Crippen molar-refractivity contribution in [3.63, 3.8) is 0 Å². The van der Waals surface area contributed by atoms with Crippen molar-refractivity contribution in [2.45, 2.75) is 12.3 Å². The Bertz CT molecular complexity index is 30.0. The van der Waals surface area contributed by atoms with Crippen molar-refractivity contribution >= 4 is 21.6 Å². The van der Waals surface area contributed by atoms with E-state index in [1.807, 2.05) is 13.2 Å². The summed E-state index contributed by atoms with van der Waals surface area (Å²) in [7, 11) is 3.38. The maximum Gasteiger partial charge on any atom is 0.0583 e. The van der Waals surface area contributed by atoms with Crippen molar-refractivity contribution in [2.24, 2.45) is 5.73 Å². The van der Waals surface area contributed by atoms with E-state index in [0.717, 1.165) is 0 Å². The van der Waals surface area contributed by atoms with Crippen molar-refractivity contribution in [1.82, 2.24) is 0 Å². The molecule has 0 heterocycles. The van der Waals surface area contributed by atoms with Gasteiger partial charge in [-0.3, -0.25) is 0 Å². The van der Waals surface area contributed by atoms with Gasteiger partial charge in [-0.05, 0) is 13.2 Å². The van der Waals surface area contributed by atoms with E-state index in [1.165, 1.54) is 0 Å². The minimum atomic E-state index is 0.278. The quantitative estimate of drug-likeness (QED) is 0.443. The molecule has 38 valence electrons. The molecule has 0 saturated heterocycles. The normalized spacial score (nSPS) is 14.5. The minimum Gasteiger partial charge on any atom is -0.319 e. The van der Waals surface area contributed by atoms with E-state index in [0.29, 0.717) is 0 Å². The Morgan fingerprint density at radius 3 is 2.17 bits per heavy atom. The van der Waals surface area contributed by atoms with E-state index in [9.17, 15) is 0 Å². The van der Waals surface area contributed by atoms with Crippen LogP contribution in [0.5, 0.6) is 0 Å². The fourth-order valence-corrected chi connectivity index (χ4v) is 1.37. The molecule has 0 bridgehead atoms. The van der Waals surface area contributed by atoms with Crippen LogP contribution in [0.1, 0.15) is 6.92 Å². The van der Waals surface area contributed by atoms with Gasteiger partial charge in [0.2, 0.25) is 0 Å². The Kier molecular flexibility index (Phi) is 4.26. The zero-order valence-electron chi connectivity index (χ0n) is 3.97. The number of hydrogen-bond donors (Lipinski definition) is 1. The number of rotatable bonds is 2. The molecule has 0 aliphatic carbocycles. The predicted molar refractivity (Wildman–Crippen MR) is 34.8 cm³/mol. The fraction of sp³-hybridized carbons (Fsp3) is 1.00. The minimum absolute atomic E-state index is 0.278. The lowest BCUT2D eigenvalue weighted by atomic mass is 10.8. The zero-order chi connectivity index (χ0) is 4.99. The maximum absolute atomic E-state index is 5.35. The Morgan fingerprint density at radius 1 is 1.67 bits per heavy atom. The second kappa shape index (κ2) is 3.84. The van der Waals surface area contributed by atoms with Gasteiger partial charge >= 0.3 is 0 Å². The molecule has 0 radical (unpaired) electrons. The highest BCUT2D eigenvalue weighted by atomic mass is 33.1. The van der Waals surface area contributed by atoms with Gasteiger partial charge in [-0.15, -0.1) is 0 Å². The lowest BCUT2D eigenvalue weighted by Gasteiger charge is -1.95. The van der Waals surface area contributed by atoms with E-state index in [4.69, 9.17) is 5.73 Å². The molecular formula is C3H9NS2. The summed E-state index contributed by atoms with van der Waals surface area (Å²) in [4.78, 5) is 0. The highest BCUT2D eigenvalue weighted by Crippen LogP contribution is 2.18. The third-order valence-corrected chi connectivity index (χ3v) is 2.23. The van der Waals surface area contributed by atoms with Crippen LogP contribution < -0.4 is 5.73 Å². The van der Waals surface area contributed by atoms with Crippen LogP contribution in [0.15, 0.2) is 0 Å². The molecule has 2 N–H and O–H groups in total. The summed E-state index contributed by atoms with van der Waals surface area (Å²) < 4.78 is 0. The van der Waals surface area contributed by atoms with Crippen molar-refractivity contribution < 1.29 is 0 Å². The third kappa shape index (κ3) is 4.66. The lowest BCUT2D eigenvalue weighted by Crippen LogP contribution is -2.06. The molecule has 0 aliphatic rings. The standard InChI is InChI=1S/C3H9NS2/c1-3(4)6-5-2/h3H,4H2,1-2H3. The van der Waals surface area contributed by atoms with Gasteiger partial charge in [-0.25, -0.2) is 0 Å². The maximum atomic E-state index is 5.35. The summed E-state index contributed by atoms with van der Waals surface area (Å²) in [6.07, 6.45) is 2.02. The van der Waals surface area contributed by atoms with Crippen LogP contribution in [0.3, 0.4) is 0 Å². The van der Waals surface area contributed by atoms with Gasteiger partial charge in [-0.2, -0.15) is 0 Å². The molecule has 0 spiro atoms. The number of hydrogen-bond acceptors (Lipinski definition) is 3. The second-order valence-electron chi connectivity index (χ2n) is 0.968. The zero-order valence-corrected chi connectivity index (χ0v) is 5.60. The van der Waals surface area contributed by atoms with Crippen LogP contribution in [-0.2, 0) is 0 Å². The predicted octanol–water partition coefficient (Wildman–Crippen LogP) is 1.30. The van der Waals surface area contributed by atoms with Crippen LogP contribution in [0.2, 0.25) is 0 Å². The highest BCUT2D eigenvalue weighted by molar-refractivity contribution is 8.76. The summed E-state index contributed by atoms with van der Waals surface area (Å²) in [5.41, 5.74) is 5.35. The first-order valence-electron chi connectivity index (χ1n) is 1.72. The molecule has 0 fully saturated rings. The SMILES string of the molecule is CSSC(C)N. The van der Waals surface area contributed by atoms with Gasteiger partial charge in [0.05, 0.1) is 5.37 Å². The van der Waals surface area contributed by atoms with Gasteiger partial charge in [-0.1, -0.05) is 21.6 Å². The molecule has 1 nitrogen and oxygen atoms in total. The molecule has 0 aromatic rings. The summed E-state index contributed by atoms with van der Waals surface area (Å²) >= 11 is 0. The Morgan fingerprint density at radius 2 is 2.17 bits per heavy atom. The molecule has 0 aromatic carbocycles. The smallest absolute Gasteiger partial charge is 0.0583 e. The summed E-state index contributed by atoms with van der Waals surface area (Å²) in [5.74, 6) is 0. The van der Waals surface area contributed by atoms with Crippen molar-refractivity contribution in [3.05, 3.63) is 0 Å². The van der Waals surface area contributed by atoms with E-state index < -0.39 is 0 Å². The van der Waals surface area contributed by atoms with Crippen LogP contribution in [0.4, 0.5) is 0 Å². The fourth-order valence-electron chi connectivity index (χ4n) is 0.152. The van der Waals surface area contributed by atoms with E-state index >= 15 is 0 Å². The Hall–Kier alpha value is 0.660. The molecule has 1 unspecified atom stereocenters. The van der Waals surface area contributed by atoms with Crippen LogP contribution in [0, 0.1) is 0 Å². The monoisotopic (exact) mass is 123 g/mol. The summed E-state index contributed by atoms with van der Waals surface area (Å²) in [5, 5.41) is 0.278. The topological polar surface area (TPSA) is 26.0 Å². The molecule has 0 aliphatic heterocycles. The first-order valence-corrected chi connectivity index (χ1v) is 4.34. The van der Waals surface area contributed by atoms with Crippen molar-refractivity contribution in [1.29, 1.82) is 0 Å². The molecule has 3 heteroatoms. The van der Waals surface area contributed by atoms with Gasteiger partial charge in [0.1, 0.15) is 0 Å². The van der Waals surface area contributed by atoms with Crippen molar-refractivity contribution in [2.75, 3.05) is 6.26 Å². The summed E-state index contributed by atoms with van der Waals surface area (Å²) in [6.45, 7) is 1.97. The Balaban J connectivity index is 2.63. The van der Waals surface area contributed by atoms with Crippen LogP contribution in [-0.4, -0.2) is 11.6 Å². The van der Waals surface area contributed by atoms with Gasteiger partial charge < -0.3 is 5.73 Å². The molecule has 0 amide bonds. The average molecular weight is 123 g/mol. The second-order valence-corrected chi connectivity index (χ2v) is 3.81. The highest BCUT2D eigenvalue weighted by Gasteiger charge is 1.86. The largest absolute Gasteiger partial charge is 0.319 e. The molecular weight excluding hydrogens is 114 g/mol. The van der Waals surface area contributed by atoms with Gasteiger partial charge in [0.25, 0.3) is 0 Å².